The van der Waals surface area contributed by atoms with Gasteiger partial charge in [-0.15, -0.1) is 0 Å². The van der Waals surface area contributed by atoms with Crippen LogP contribution in [0.2, 0.25) is 0 Å². The third-order valence-corrected chi connectivity index (χ3v) is 3.27. The minimum atomic E-state index is -0.00754. The molecule has 0 aliphatic heterocycles. The lowest BCUT2D eigenvalue weighted by atomic mass is 10.1. The summed E-state index contributed by atoms with van der Waals surface area (Å²) in [6.07, 6.45) is 0. The molecule has 108 valence electrons. The average Bonchev–Trinajstić information content (AvgIpc) is 2.89. The summed E-state index contributed by atoms with van der Waals surface area (Å²) in [6.45, 7) is 0. The molecule has 0 atom stereocenters. The molecule has 0 bridgehead atoms. The fourth-order valence-corrected chi connectivity index (χ4v) is 2.23. The first-order valence-electron chi connectivity index (χ1n) is 6.30. The number of phenols is 2. The van der Waals surface area contributed by atoms with Crippen LogP contribution in [0.15, 0.2) is 40.8 Å². The van der Waals surface area contributed by atoms with Crippen molar-refractivity contribution < 1.29 is 24.1 Å². The zero-order chi connectivity index (χ0) is 15.0. The van der Waals surface area contributed by atoms with Gasteiger partial charge in [-0.05, 0) is 24.3 Å². The lowest BCUT2D eigenvalue weighted by Gasteiger charge is -2.10. The number of hydrogen-bond acceptors (Lipinski definition) is 5. The Morgan fingerprint density at radius 2 is 1.67 bits per heavy atom. The van der Waals surface area contributed by atoms with Gasteiger partial charge in [0.1, 0.15) is 22.8 Å². The smallest absolute Gasteiger partial charge is 0.161 e. The summed E-state index contributed by atoms with van der Waals surface area (Å²) in [5.74, 6) is 1.49. The summed E-state index contributed by atoms with van der Waals surface area (Å²) in [7, 11) is 2.99. The molecule has 0 fully saturated rings. The molecule has 0 saturated heterocycles. The first kappa shape index (κ1) is 13.2. The SMILES string of the molecule is COc1cc(-c2cc3ccc(O)cc3o2)c(OC)cc1O. The molecule has 0 aliphatic carbocycles. The Hall–Kier alpha value is -2.82. The van der Waals surface area contributed by atoms with Crippen LogP contribution >= 0.6 is 0 Å². The molecule has 3 aromatic rings. The lowest BCUT2D eigenvalue weighted by Crippen LogP contribution is -1.90. The largest absolute Gasteiger partial charge is 0.508 e. The quantitative estimate of drug-likeness (QED) is 0.770. The van der Waals surface area contributed by atoms with E-state index in [1.54, 1.807) is 24.3 Å². The van der Waals surface area contributed by atoms with Crippen LogP contribution in [0.1, 0.15) is 0 Å². The third-order valence-electron chi connectivity index (χ3n) is 3.27. The Bertz CT molecular complexity index is 804. The fraction of sp³-hybridized carbons (Fsp3) is 0.125. The third kappa shape index (κ3) is 2.23. The van der Waals surface area contributed by atoms with Gasteiger partial charge < -0.3 is 24.1 Å². The Labute approximate surface area is 121 Å². The van der Waals surface area contributed by atoms with Gasteiger partial charge in [0.2, 0.25) is 0 Å². The summed E-state index contributed by atoms with van der Waals surface area (Å²) in [6, 6.07) is 9.86. The van der Waals surface area contributed by atoms with Gasteiger partial charge in [0.15, 0.2) is 11.5 Å². The van der Waals surface area contributed by atoms with E-state index in [9.17, 15) is 10.2 Å². The van der Waals surface area contributed by atoms with Gasteiger partial charge in [0.05, 0.1) is 19.8 Å². The number of hydrogen-bond donors (Lipinski definition) is 2. The summed E-state index contributed by atoms with van der Waals surface area (Å²) >= 11 is 0. The molecule has 1 heterocycles. The van der Waals surface area contributed by atoms with Gasteiger partial charge in [0, 0.05) is 17.5 Å². The maximum absolute atomic E-state index is 9.80. The highest BCUT2D eigenvalue weighted by molar-refractivity contribution is 5.85. The molecule has 0 radical (unpaired) electrons. The number of furan rings is 1. The van der Waals surface area contributed by atoms with Gasteiger partial charge in [-0.3, -0.25) is 0 Å². The van der Waals surface area contributed by atoms with Crippen molar-refractivity contribution in [3.8, 4) is 34.3 Å². The zero-order valence-corrected chi connectivity index (χ0v) is 11.6. The molecule has 0 aliphatic rings. The van der Waals surface area contributed by atoms with Crippen molar-refractivity contribution in [3.63, 3.8) is 0 Å². The molecule has 0 saturated carbocycles. The van der Waals surface area contributed by atoms with E-state index in [0.29, 0.717) is 28.4 Å². The number of methoxy groups -OCH3 is 2. The Morgan fingerprint density at radius 3 is 2.38 bits per heavy atom. The van der Waals surface area contributed by atoms with Crippen molar-refractivity contribution in [1.82, 2.24) is 0 Å². The maximum Gasteiger partial charge on any atom is 0.161 e. The van der Waals surface area contributed by atoms with Gasteiger partial charge in [-0.1, -0.05) is 0 Å². The van der Waals surface area contributed by atoms with Crippen molar-refractivity contribution >= 4 is 11.0 Å². The van der Waals surface area contributed by atoms with Gasteiger partial charge >= 0.3 is 0 Å². The number of fused-ring (bicyclic) bond motifs is 1. The van der Waals surface area contributed by atoms with Gasteiger partial charge in [-0.25, -0.2) is 0 Å². The predicted octanol–water partition coefficient (Wildman–Crippen LogP) is 3.53. The maximum atomic E-state index is 9.80. The van der Waals surface area contributed by atoms with E-state index in [0.717, 1.165) is 5.39 Å². The molecule has 1 aromatic heterocycles. The highest BCUT2D eigenvalue weighted by Crippen LogP contribution is 2.41. The molecule has 3 rings (SSSR count). The number of rotatable bonds is 3. The van der Waals surface area contributed by atoms with Crippen molar-refractivity contribution in [1.29, 1.82) is 0 Å². The Morgan fingerprint density at radius 1 is 0.905 bits per heavy atom. The Kier molecular flexibility index (Phi) is 3.10. The van der Waals surface area contributed by atoms with Crippen LogP contribution in [0.25, 0.3) is 22.3 Å². The molecule has 5 nitrogen and oxygen atoms in total. The van der Waals surface area contributed by atoms with E-state index < -0.39 is 0 Å². The fourth-order valence-electron chi connectivity index (χ4n) is 2.23. The number of benzene rings is 2. The van der Waals surface area contributed by atoms with Crippen LogP contribution in [0.5, 0.6) is 23.0 Å². The monoisotopic (exact) mass is 286 g/mol. The molecule has 2 aromatic carbocycles. The molecule has 21 heavy (non-hydrogen) atoms. The highest BCUT2D eigenvalue weighted by atomic mass is 16.5. The summed E-state index contributed by atoms with van der Waals surface area (Å²) in [5, 5.41) is 20.2. The van der Waals surface area contributed by atoms with E-state index in [1.807, 2.05) is 6.07 Å². The molecule has 0 spiro atoms. The lowest BCUT2D eigenvalue weighted by molar-refractivity contribution is 0.366. The normalized spacial score (nSPS) is 10.8. The first-order chi connectivity index (χ1) is 10.1. The standard InChI is InChI=1S/C16H14O5/c1-19-14-8-12(18)16(20-2)7-11(14)15-5-9-3-4-10(17)6-13(9)21-15/h3-8,17-18H,1-2H3. The van der Waals surface area contributed by atoms with E-state index in [2.05, 4.69) is 0 Å². The molecule has 5 heteroatoms. The number of aromatic hydroxyl groups is 2. The van der Waals surface area contributed by atoms with Crippen LogP contribution in [0.4, 0.5) is 0 Å². The minimum absolute atomic E-state index is 0.00754. The zero-order valence-electron chi connectivity index (χ0n) is 11.6. The Balaban J connectivity index is 2.21. The van der Waals surface area contributed by atoms with E-state index >= 15 is 0 Å². The first-order valence-corrected chi connectivity index (χ1v) is 6.30. The van der Waals surface area contributed by atoms with Crippen molar-refractivity contribution in [3.05, 3.63) is 36.4 Å². The van der Waals surface area contributed by atoms with E-state index in [-0.39, 0.29) is 11.5 Å². The number of ether oxygens (including phenoxy) is 2. The molecular formula is C16H14O5. The van der Waals surface area contributed by atoms with Crippen molar-refractivity contribution in [2.75, 3.05) is 14.2 Å². The van der Waals surface area contributed by atoms with Crippen LogP contribution in [-0.2, 0) is 0 Å². The van der Waals surface area contributed by atoms with Crippen molar-refractivity contribution in [2.24, 2.45) is 0 Å². The van der Waals surface area contributed by atoms with Gasteiger partial charge in [-0.2, -0.15) is 0 Å². The minimum Gasteiger partial charge on any atom is -0.508 e. The second-order valence-corrected chi connectivity index (χ2v) is 4.56. The predicted molar refractivity (Wildman–Crippen MR) is 78.1 cm³/mol. The van der Waals surface area contributed by atoms with Gasteiger partial charge in [0.25, 0.3) is 0 Å². The van der Waals surface area contributed by atoms with E-state index in [4.69, 9.17) is 13.9 Å². The number of phenolic OH excluding ortho intramolecular Hbond substituents is 2. The van der Waals surface area contributed by atoms with Crippen LogP contribution in [0, 0.1) is 0 Å². The molecule has 0 unspecified atom stereocenters. The summed E-state index contributed by atoms with van der Waals surface area (Å²) in [4.78, 5) is 0. The molecule has 2 N–H and O–H groups in total. The van der Waals surface area contributed by atoms with Crippen molar-refractivity contribution in [2.45, 2.75) is 0 Å². The van der Waals surface area contributed by atoms with Crippen LogP contribution in [-0.4, -0.2) is 24.4 Å². The average molecular weight is 286 g/mol. The van der Waals surface area contributed by atoms with Crippen LogP contribution < -0.4 is 9.47 Å². The molecule has 0 amide bonds. The topological polar surface area (TPSA) is 72.1 Å². The molecular weight excluding hydrogens is 272 g/mol. The van der Waals surface area contributed by atoms with E-state index in [1.165, 1.54) is 20.3 Å². The second-order valence-electron chi connectivity index (χ2n) is 4.56. The highest BCUT2D eigenvalue weighted by Gasteiger charge is 2.16. The van der Waals surface area contributed by atoms with Crippen LogP contribution in [0.3, 0.4) is 0 Å². The summed E-state index contributed by atoms with van der Waals surface area (Å²) < 4.78 is 16.1. The second kappa shape index (κ2) is 4.94. The summed E-state index contributed by atoms with van der Waals surface area (Å²) in [5.41, 5.74) is 1.22.